The standard InChI is InChI=1S/C16H18BrNO4/c1-10(16(20)21)7-12-8-13(17)3-4-15(12)18-6-5-14(9-18)22-11(2)19/h3-4,7-8,14H,5-6,9H2,1-2H3,(H,20,21)/b10-7+. The lowest BCUT2D eigenvalue weighted by Crippen LogP contribution is -2.24. The molecule has 0 saturated carbocycles. The van der Waals surface area contributed by atoms with Gasteiger partial charge in [-0.25, -0.2) is 4.79 Å². The molecule has 6 heteroatoms. The van der Waals surface area contributed by atoms with Crippen LogP contribution in [0.5, 0.6) is 0 Å². The molecule has 1 aromatic carbocycles. The molecule has 0 spiro atoms. The number of carboxylic acids is 1. The maximum absolute atomic E-state index is 11.1. The maximum atomic E-state index is 11.1. The number of hydrogen-bond acceptors (Lipinski definition) is 4. The van der Waals surface area contributed by atoms with Gasteiger partial charge < -0.3 is 14.7 Å². The van der Waals surface area contributed by atoms with Crippen molar-refractivity contribution in [3.63, 3.8) is 0 Å². The van der Waals surface area contributed by atoms with Gasteiger partial charge >= 0.3 is 11.9 Å². The van der Waals surface area contributed by atoms with E-state index in [1.54, 1.807) is 13.0 Å². The molecule has 118 valence electrons. The Hall–Kier alpha value is -1.82. The molecule has 1 aromatic rings. The van der Waals surface area contributed by atoms with E-state index in [4.69, 9.17) is 9.84 Å². The van der Waals surface area contributed by atoms with Crippen molar-refractivity contribution in [1.82, 2.24) is 0 Å². The lowest BCUT2D eigenvalue weighted by atomic mass is 10.1. The van der Waals surface area contributed by atoms with Crippen LogP contribution in [0, 0.1) is 0 Å². The molecular formula is C16H18BrNO4. The summed E-state index contributed by atoms with van der Waals surface area (Å²) >= 11 is 3.41. The van der Waals surface area contributed by atoms with Crippen molar-refractivity contribution < 1.29 is 19.4 Å². The van der Waals surface area contributed by atoms with Crippen LogP contribution in [0.3, 0.4) is 0 Å². The first-order chi connectivity index (χ1) is 10.4. The Morgan fingerprint density at radius 2 is 2.14 bits per heavy atom. The summed E-state index contributed by atoms with van der Waals surface area (Å²) in [5.74, 6) is -1.21. The summed E-state index contributed by atoms with van der Waals surface area (Å²) in [6, 6.07) is 5.75. The van der Waals surface area contributed by atoms with Gasteiger partial charge in [-0.15, -0.1) is 0 Å². The number of ether oxygens (including phenoxy) is 1. The number of aliphatic carboxylic acids is 1. The van der Waals surface area contributed by atoms with Crippen LogP contribution in [0.1, 0.15) is 25.8 Å². The quantitative estimate of drug-likeness (QED) is 0.654. The summed E-state index contributed by atoms with van der Waals surface area (Å²) in [5.41, 5.74) is 2.05. The average Bonchev–Trinajstić information content (AvgIpc) is 2.86. The van der Waals surface area contributed by atoms with Crippen molar-refractivity contribution in [3.05, 3.63) is 33.8 Å². The van der Waals surface area contributed by atoms with Crippen molar-refractivity contribution in [3.8, 4) is 0 Å². The summed E-state index contributed by atoms with van der Waals surface area (Å²) < 4.78 is 6.13. The third-order valence-corrected chi connectivity index (χ3v) is 4.01. The van der Waals surface area contributed by atoms with E-state index in [1.165, 1.54) is 6.92 Å². The molecule has 1 heterocycles. The molecule has 1 aliphatic rings. The molecule has 1 N–H and O–H groups in total. The molecule has 2 rings (SSSR count). The highest BCUT2D eigenvalue weighted by molar-refractivity contribution is 9.10. The second kappa shape index (κ2) is 6.96. The maximum Gasteiger partial charge on any atom is 0.331 e. The number of halogens is 1. The van der Waals surface area contributed by atoms with Gasteiger partial charge in [-0.2, -0.15) is 0 Å². The third kappa shape index (κ3) is 4.10. The Bertz CT molecular complexity index is 627. The van der Waals surface area contributed by atoms with Gasteiger partial charge in [0, 0.05) is 35.6 Å². The highest BCUT2D eigenvalue weighted by atomic mass is 79.9. The van der Waals surface area contributed by atoms with Gasteiger partial charge in [0.25, 0.3) is 0 Å². The Morgan fingerprint density at radius 1 is 1.41 bits per heavy atom. The molecule has 0 aromatic heterocycles. The van der Waals surface area contributed by atoms with E-state index in [1.807, 2.05) is 18.2 Å². The molecule has 5 nitrogen and oxygen atoms in total. The molecule has 22 heavy (non-hydrogen) atoms. The minimum absolute atomic E-state index is 0.112. The van der Waals surface area contributed by atoms with E-state index in [9.17, 15) is 9.59 Å². The minimum Gasteiger partial charge on any atom is -0.478 e. The van der Waals surface area contributed by atoms with Crippen LogP contribution < -0.4 is 4.90 Å². The number of hydrogen-bond donors (Lipinski definition) is 1. The van der Waals surface area contributed by atoms with Crippen LogP contribution in [0.4, 0.5) is 5.69 Å². The number of rotatable bonds is 4. The van der Waals surface area contributed by atoms with Crippen LogP contribution in [0.15, 0.2) is 28.2 Å². The molecule has 1 atom stereocenters. The minimum atomic E-state index is -0.940. The number of carbonyl (C=O) groups excluding carboxylic acids is 1. The molecule has 1 unspecified atom stereocenters. The van der Waals surface area contributed by atoms with Gasteiger partial charge in [0.05, 0.1) is 6.54 Å². The monoisotopic (exact) mass is 367 g/mol. The van der Waals surface area contributed by atoms with Crippen LogP contribution in [-0.2, 0) is 14.3 Å². The highest BCUT2D eigenvalue weighted by Crippen LogP contribution is 2.30. The van der Waals surface area contributed by atoms with E-state index in [0.29, 0.717) is 6.54 Å². The number of carboxylic acid groups (broad SMARTS) is 1. The third-order valence-electron chi connectivity index (χ3n) is 3.52. The summed E-state index contributed by atoms with van der Waals surface area (Å²) in [7, 11) is 0. The van der Waals surface area contributed by atoms with E-state index in [-0.39, 0.29) is 17.6 Å². The molecule has 0 radical (unpaired) electrons. The van der Waals surface area contributed by atoms with Crippen molar-refractivity contribution in [2.45, 2.75) is 26.4 Å². The first-order valence-corrected chi connectivity index (χ1v) is 7.79. The summed E-state index contributed by atoms with van der Waals surface area (Å²) in [4.78, 5) is 24.2. The Kier molecular flexibility index (Phi) is 5.24. The first kappa shape index (κ1) is 16.5. The number of esters is 1. The fraction of sp³-hybridized carbons (Fsp3) is 0.375. The fourth-order valence-electron chi connectivity index (χ4n) is 2.50. The number of anilines is 1. The second-order valence-corrected chi connectivity index (χ2v) is 6.22. The summed E-state index contributed by atoms with van der Waals surface area (Å²) in [6.07, 6.45) is 2.32. The van der Waals surface area contributed by atoms with Crippen molar-refractivity contribution in [2.75, 3.05) is 18.0 Å². The zero-order chi connectivity index (χ0) is 16.3. The smallest absolute Gasteiger partial charge is 0.331 e. The van der Waals surface area contributed by atoms with Gasteiger partial charge in [-0.1, -0.05) is 15.9 Å². The Balaban J connectivity index is 2.26. The Morgan fingerprint density at radius 3 is 2.77 bits per heavy atom. The van der Waals surface area contributed by atoms with Crippen LogP contribution in [0.2, 0.25) is 0 Å². The van der Waals surface area contributed by atoms with E-state index in [0.717, 1.165) is 28.7 Å². The number of carbonyl (C=O) groups is 2. The van der Waals surface area contributed by atoms with Gasteiger partial charge in [0.15, 0.2) is 0 Å². The van der Waals surface area contributed by atoms with Crippen molar-refractivity contribution in [2.24, 2.45) is 0 Å². The molecule has 0 amide bonds. The van der Waals surface area contributed by atoms with Crippen molar-refractivity contribution >= 4 is 39.6 Å². The zero-order valence-corrected chi connectivity index (χ0v) is 14.1. The summed E-state index contributed by atoms with van der Waals surface area (Å²) in [6.45, 7) is 4.37. The second-order valence-electron chi connectivity index (χ2n) is 5.30. The molecule has 0 aliphatic carbocycles. The topological polar surface area (TPSA) is 66.8 Å². The highest BCUT2D eigenvalue weighted by Gasteiger charge is 2.26. The first-order valence-electron chi connectivity index (χ1n) is 7.00. The SMILES string of the molecule is CC(=O)OC1CCN(c2ccc(Br)cc2/C=C(\C)C(=O)O)C1. The van der Waals surface area contributed by atoms with E-state index < -0.39 is 5.97 Å². The zero-order valence-electron chi connectivity index (χ0n) is 12.5. The lowest BCUT2D eigenvalue weighted by Gasteiger charge is -2.21. The lowest BCUT2D eigenvalue weighted by molar-refractivity contribution is -0.145. The van der Waals surface area contributed by atoms with Crippen LogP contribution in [-0.4, -0.2) is 36.2 Å². The molecule has 1 aliphatic heterocycles. The molecule has 1 fully saturated rings. The van der Waals surface area contributed by atoms with Crippen LogP contribution >= 0.6 is 15.9 Å². The molecule has 1 saturated heterocycles. The van der Waals surface area contributed by atoms with Crippen molar-refractivity contribution in [1.29, 1.82) is 0 Å². The largest absolute Gasteiger partial charge is 0.478 e. The number of benzene rings is 1. The average molecular weight is 368 g/mol. The van der Waals surface area contributed by atoms with Gasteiger partial charge in [-0.05, 0) is 36.8 Å². The molecular weight excluding hydrogens is 350 g/mol. The van der Waals surface area contributed by atoms with Gasteiger partial charge in [-0.3, -0.25) is 4.79 Å². The molecule has 0 bridgehead atoms. The van der Waals surface area contributed by atoms with Gasteiger partial charge in [0.2, 0.25) is 0 Å². The predicted molar refractivity (Wildman–Crippen MR) is 87.8 cm³/mol. The predicted octanol–water partition coefficient (Wildman–Crippen LogP) is 3.08. The summed E-state index contributed by atoms with van der Waals surface area (Å²) in [5, 5.41) is 9.06. The number of nitrogens with zero attached hydrogens (tertiary/aromatic N) is 1. The van der Waals surface area contributed by atoms with E-state index in [2.05, 4.69) is 20.8 Å². The Labute approximate surface area is 137 Å². The normalized spacial score (nSPS) is 18.4. The van der Waals surface area contributed by atoms with Gasteiger partial charge in [0.1, 0.15) is 6.10 Å². The van der Waals surface area contributed by atoms with Crippen LogP contribution in [0.25, 0.3) is 6.08 Å². The van der Waals surface area contributed by atoms with E-state index >= 15 is 0 Å². The fourth-order valence-corrected chi connectivity index (χ4v) is 2.88.